The van der Waals surface area contributed by atoms with Crippen molar-refractivity contribution in [2.75, 3.05) is 18.9 Å². The molecule has 6 heteroatoms. The van der Waals surface area contributed by atoms with Gasteiger partial charge < -0.3 is 15.8 Å². The average molecular weight is 226 g/mol. The second-order valence-corrected chi connectivity index (χ2v) is 3.74. The SMILES string of the molecule is CC(C)OCCNC(=O)Cn1cc(N)cn1. The zero-order valence-electron chi connectivity index (χ0n) is 9.64. The van der Waals surface area contributed by atoms with Gasteiger partial charge in [-0.3, -0.25) is 9.48 Å². The van der Waals surface area contributed by atoms with Gasteiger partial charge >= 0.3 is 0 Å². The summed E-state index contributed by atoms with van der Waals surface area (Å²) < 4.78 is 6.78. The number of nitrogens with one attached hydrogen (secondary N) is 1. The number of ether oxygens (including phenoxy) is 1. The van der Waals surface area contributed by atoms with Crippen molar-refractivity contribution in [3.8, 4) is 0 Å². The number of carbonyl (C=O) groups excluding carboxylic acids is 1. The zero-order chi connectivity index (χ0) is 12.0. The molecule has 0 aromatic carbocycles. The highest BCUT2D eigenvalue weighted by Crippen LogP contribution is 1.96. The Balaban J connectivity index is 2.16. The summed E-state index contributed by atoms with van der Waals surface area (Å²) in [6.45, 7) is 5.11. The van der Waals surface area contributed by atoms with Crippen LogP contribution in [0.4, 0.5) is 5.69 Å². The third-order valence-corrected chi connectivity index (χ3v) is 1.83. The Bertz CT molecular complexity index is 335. The standard InChI is InChI=1S/C10H18N4O2/c1-8(2)16-4-3-12-10(15)7-14-6-9(11)5-13-14/h5-6,8H,3-4,7,11H2,1-2H3,(H,12,15). The van der Waals surface area contributed by atoms with E-state index in [9.17, 15) is 4.79 Å². The molecule has 0 aliphatic carbocycles. The Kier molecular flexibility index (Phi) is 4.78. The van der Waals surface area contributed by atoms with E-state index >= 15 is 0 Å². The van der Waals surface area contributed by atoms with E-state index in [2.05, 4.69) is 10.4 Å². The normalized spacial score (nSPS) is 10.7. The Morgan fingerprint density at radius 2 is 2.44 bits per heavy atom. The van der Waals surface area contributed by atoms with Gasteiger partial charge in [-0.25, -0.2) is 0 Å². The van der Waals surface area contributed by atoms with Crippen molar-refractivity contribution in [1.82, 2.24) is 15.1 Å². The summed E-state index contributed by atoms with van der Waals surface area (Å²) in [6, 6.07) is 0. The molecular formula is C10H18N4O2. The predicted octanol–water partition coefficient (Wildman–Crippen LogP) is 0.00650. The molecule has 90 valence electrons. The molecule has 1 rings (SSSR count). The molecule has 0 atom stereocenters. The third-order valence-electron chi connectivity index (χ3n) is 1.83. The van der Waals surface area contributed by atoms with E-state index < -0.39 is 0 Å². The molecule has 6 nitrogen and oxygen atoms in total. The van der Waals surface area contributed by atoms with Crippen molar-refractivity contribution in [3.63, 3.8) is 0 Å². The molecule has 0 saturated carbocycles. The number of amides is 1. The van der Waals surface area contributed by atoms with Crippen molar-refractivity contribution < 1.29 is 9.53 Å². The van der Waals surface area contributed by atoms with E-state index in [0.29, 0.717) is 18.8 Å². The Morgan fingerprint density at radius 3 is 3.00 bits per heavy atom. The van der Waals surface area contributed by atoms with Gasteiger partial charge in [-0.2, -0.15) is 5.10 Å². The van der Waals surface area contributed by atoms with Gasteiger partial charge in [-0.15, -0.1) is 0 Å². The maximum absolute atomic E-state index is 11.4. The number of nitrogens with zero attached hydrogens (tertiary/aromatic N) is 2. The van der Waals surface area contributed by atoms with Gasteiger partial charge in [-0.1, -0.05) is 0 Å². The third kappa shape index (κ3) is 4.79. The number of hydrogen-bond acceptors (Lipinski definition) is 4. The topological polar surface area (TPSA) is 82.2 Å². The Morgan fingerprint density at radius 1 is 1.69 bits per heavy atom. The molecule has 3 N–H and O–H groups in total. The number of anilines is 1. The van der Waals surface area contributed by atoms with E-state index in [0.717, 1.165) is 0 Å². The minimum atomic E-state index is -0.101. The molecule has 1 aromatic heterocycles. The van der Waals surface area contributed by atoms with Crippen molar-refractivity contribution in [1.29, 1.82) is 0 Å². The Labute approximate surface area is 94.8 Å². The number of hydrogen-bond donors (Lipinski definition) is 2. The van der Waals surface area contributed by atoms with Crippen LogP contribution >= 0.6 is 0 Å². The molecule has 0 unspecified atom stereocenters. The predicted molar refractivity (Wildman–Crippen MR) is 60.7 cm³/mol. The first-order valence-corrected chi connectivity index (χ1v) is 5.24. The smallest absolute Gasteiger partial charge is 0.241 e. The van der Waals surface area contributed by atoms with Crippen LogP contribution in [0.25, 0.3) is 0 Å². The average Bonchev–Trinajstić information content (AvgIpc) is 2.58. The van der Waals surface area contributed by atoms with Crippen LogP contribution in [-0.4, -0.2) is 34.9 Å². The van der Waals surface area contributed by atoms with E-state index in [-0.39, 0.29) is 18.6 Å². The zero-order valence-corrected chi connectivity index (χ0v) is 9.64. The summed E-state index contributed by atoms with van der Waals surface area (Å²) in [4.78, 5) is 11.4. The van der Waals surface area contributed by atoms with Crippen LogP contribution in [0.1, 0.15) is 13.8 Å². The van der Waals surface area contributed by atoms with Crippen LogP contribution in [0, 0.1) is 0 Å². The molecular weight excluding hydrogens is 208 g/mol. The van der Waals surface area contributed by atoms with E-state index in [1.807, 2.05) is 13.8 Å². The van der Waals surface area contributed by atoms with Gasteiger partial charge in [-0.05, 0) is 13.8 Å². The molecule has 0 aliphatic heterocycles. The van der Waals surface area contributed by atoms with Gasteiger partial charge in [0.2, 0.25) is 5.91 Å². The molecule has 0 radical (unpaired) electrons. The number of nitrogen functional groups attached to an aromatic ring is 1. The highest BCUT2D eigenvalue weighted by Gasteiger charge is 2.03. The van der Waals surface area contributed by atoms with Gasteiger partial charge in [0.25, 0.3) is 0 Å². The van der Waals surface area contributed by atoms with Gasteiger partial charge in [0.1, 0.15) is 6.54 Å². The first kappa shape index (κ1) is 12.5. The van der Waals surface area contributed by atoms with E-state index in [1.165, 1.54) is 10.9 Å². The van der Waals surface area contributed by atoms with Crippen LogP contribution < -0.4 is 11.1 Å². The molecule has 0 bridgehead atoms. The number of aromatic nitrogens is 2. The maximum atomic E-state index is 11.4. The van der Waals surface area contributed by atoms with Crippen LogP contribution in [-0.2, 0) is 16.1 Å². The van der Waals surface area contributed by atoms with Crippen molar-refractivity contribution in [3.05, 3.63) is 12.4 Å². The Hall–Kier alpha value is -1.56. The minimum Gasteiger partial charge on any atom is -0.396 e. The van der Waals surface area contributed by atoms with Gasteiger partial charge in [0.05, 0.1) is 24.6 Å². The fraction of sp³-hybridized carbons (Fsp3) is 0.600. The summed E-state index contributed by atoms with van der Waals surface area (Å²) in [6.07, 6.45) is 3.31. The largest absolute Gasteiger partial charge is 0.396 e. The summed E-state index contributed by atoms with van der Waals surface area (Å²) >= 11 is 0. The highest BCUT2D eigenvalue weighted by atomic mass is 16.5. The fourth-order valence-electron chi connectivity index (χ4n) is 1.15. The van der Waals surface area contributed by atoms with Crippen molar-refractivity contribution in [2.24, 2.45) is 0 Å². The van der Waals surface area contributed by atoms with Crippen molar-refractivity contribution in [2.45, 2.75) is 26.5 Å². The quantitative estimate of drug-likeness (QED) is 0.669. The second kappa shape index (κ2) is 6.12. The molecule has 1 heterocycles. The molecule has 0 spiro atoms. The fourth-order valence-corrected chi connectivity index (χ4v) is 1.15. The first-order valence-electron chi connectivity index (χ1n) is 5.24. The van der Waals surface area contributed by atoms with Crippen LogP contribution in [0.5, 0.6) is 0 Å². The lowest BCUT2D eigenvalue weighted by Crippen LogP contribution is -2.31. The lowest BCUT2D eigenvalue weighted by atomic mass is 10.5. The summed E-state index contributed by atoms with van der Waals surface area (Å²) in [5, 5.41) is 6.64. The molecule has 0 fully saturated rings. The second-order valence-electron chi connectivity index (χ2n) is 3.74. The highest BCUT2D eigenvalue weighted by molar-refractivity contribution is 5.75. The maximum Gasteiger partial charge on any atom is 0.241 e. The lowest BCUT2D eigenvalue weighted by Gasteiger charge is -2.08. The van der Waals surface area contributed by atoms with E-state index in [1.54, 1.807) is 6.20 Å². The lowest BCUT2D eigenvalue weighted by molar-refractivity contribution is -0.122. The number of rotatable bonds is 6. The summed E-state index contributed by atoms with van der Waals surface area (Å²) in [7, 11) is 0. The number of nitrogens with two attached hydrogens (primary N) is 1. The van der Waals surface area contributed by atoms with Crippen LogP contribution in [0.15, 0.2) is 12.4 Å². The van der Waals surface area contributed by atoms with Crippen LogP contribution in [0.2, 0.25) is 0 Å². The first-order chi connectivity index (χ1) is 7.58. The van der Waals surface area contributed by atoms with Gasteiger partial charge in [0, 0.05) is 12.7 Å². The molecule has 0 saturated heterocycles. The van der Waals surface area contributed by atoms with Crippen molar-refractivity contribution >= 4 is 11.6 Å². The molecule has 0 aliphatic rings. The summed E-state index contributed by atoms with van der Waals surface area (Å²) in [5.41, 5.74) is 6.03. The molecule has 1 aromatic rings. The van der Waals surface area contributed by atoms with Gasteiger partial charge in [0.15, 0.2) is 0 Å². The monoisotopic (exact) mass is 226 g/mol. The molecule has 16 heavy (non-hydrogen) atoms. The summed E-state index contributed by atoms with van der Waals surface area (Å²) in [5.74, 6) is -0.101. The number of carbonyl (C=O) groups is 1. The molecule has 1 amide bonds. The van der Waals surface area contributed by atoms with E-state index in [4.69, 9.17) is 10.5 Å². The minimum absolute atomic E-state index is 0.101. The van der Waals surface area contributed by atoms with Crippen LogP contribution in [0.3, 0.4) is 0 Å².